The van der Waals surface area contributed by atoms with E-state index in [0.717, 1.165) is 76.8 Å². The zero-order valence-corrected chi connectivity index (χ0v) is 27.3. The summed E-state index contributed by atoms with van der Waals surface area (Å²) >= 11 is 0. The third kappa shape index (κ3) is 4.51. The van der Waals surface area contributed by atoms with Crippen LogP contribution in [0.15, 0.2) is 152 Å². The molecule has 9 aromatic rings. The molecule has 236 valence electrons. The fraction of sp³-hybridized carbons (Fsp3) is 0.0455. The van der Waals surface area contributed by atoms with Gasteiger partial charge in [0, 0.05) is 15.9 Å². The van der Waals surface area contributed by atoms with Crippen molar-refractivity contribution in [1.82, 2.24) is 0 Å². The molecule has 0 aliphatic heterocycles. The molecule has 0 atom stereocenters. The van der Waals surface area contributed by atoms with E-state index in [1.54, 1.807) is 13.0 Å². The van der Waals surface area contributed by atoms with Crippen LogP contribution < -0.4 is 15.9 Å². The number of rotatable bonds is 3. The maximum atomic E-state index is 16.2. The van der Waals surface area contributed by atoms with E-state index in [2.05, 4.69) is 48.5 Å². The van der Waals surface area contributed by atoms with Crippen LogP contribution in [0, 0.1) is 6.92 Å². The van der Waals surface area contributed by atoms with Crippen LogP contribution in [0.3, 0.4) is 0 Å². The van der Waals surface area contributed by atoms with Gasteiger partial charge in [-0.2, -0.15) is 13.2 Å². The highest BCUT2D eigenvalue weighted by molar-refractivity contribution is 7.85. The number of fused-ring (bicyclic) bond motifs is 12. The molecule has 0 unspecified atom stereocenters. The standard InChI is InChI=1S/C44H28F3OP/c1-27-22-28(44(45,46)47)24-31(23-27)49(48,29-18-20-40-36-14-4-2-10-32(36)34-12-6-8-16-38(34)42(40)25-29)30-19-21-41-37-15-5-3-11-33(37)35-13-7-9-17-39(35)43(41)26-30/h2-26H,1H3. The average Bonchev–Trinajstić information content (AvgIpc) is 3.13. The molecule has 0 radical (unpaired) electrons. The van der Waals surface area contributed by atoms with Crippen molar-refractivity contribution in [3.05, 3.63) is 163 Å². The smallest absolute Gasteiger partial charge is 0.309 e. The van der Waals surface area contributed by atoms with Crippen molar-refractivity contribution in [2.45, 2.75) is 13.1 Å². The molecule has 0 bridgehead atoms. The van der Waals surface area contributed by atoms with Gasteiger partial charge in [0.05, 0.1) is 5.56 Å². The van der Waals surface area contributed by atoms with Crippen LogP contribution in [0.25, 0.3) is 64.6 Å². The number of aryl methyl sites for hydroxylation is 1. The zero-order valence-electron chi connectivity index (χ0n) is 26.4. The second kappa shape index (κ2) is 10.8. The number of hydrogen-bond donors (Lipinski definition) is 0. The monoisotopic (exact) mass is 660 g/mol. The lowest BCUT2D eigenvalue weighted by atomic mass is 9.94. The Kier molecular flexibility index (Phi) is 6.53. The van der Waals surface area contributed by atoms with E-state index in [0.29, 0.717) is 16.2 Å². The van der Waals surface area contributed by atoms with Crippen molar-refractivity contribution in [3.63, 3.8) is 0 Å². The quantitative estimate of drug-likeness (QED) is 0.136. The van der Waals surface area contributed by atoms with Gasteiger partial charge >= 0.3 is 6.18 Å². The highest BCUT2D eigenvalue weighted by atomic mass is 31.2. The molecule has 0 amide bonds. The largest absolute Gasteiger partial charge is 0.416 e. The normalized spacial score (nSPS) is 12.6. The van der Waals surface area contributed by atoms with E-state index in [4.69, 9.17) is 0 Å². The summed E-state index contributed by atoms with van der Waals surface area (Å²) in [5.41, 5.74) is -0.406. The Morgan fingerprint density at radius 3 is 1.06 bits per heavy atom. The van der Waals surface area contributed by atoms with Crippen LogP contribution in [0.2, 0.25) is 0 Å². The van der Waals surface area contributed by atoms with Gasteiger partial charge in [-0.15, -0.1) is 0 Å². The molecule has 0 saturated heterocycles. The van der Waals surface area contributed by atoms with E-state index >= 15 is 4.57 Å². The molecule has 9 rings (SSSR count). The second-order valence-corrected chi connectivity index (χ2v) is 15.6. The first-order valence-electron chi connectivity index (χ1n) is 16.2. The van der Waals surface area contributed by atoms with Crippen LogP contribution in [0.1, 0.15) is 11.1 Å². The predicted octanol–water partition coefficient (Wildman–Crippen LogP) is 11.6. The van der Waals surface area contributed by atoms with Crippen LogP contribution in [-0.2, 0) is 10.7 Å². The molecule has 0 aliphatic carbocycles. The Morgan fingerprint density at radius 2 is 0.714 bits per heavy atom. The summed E-state index contributed by atoms with van der Waals surface area (Å²) in [5.74, 6) is 0. The Bertz CT molecular complexity index is 2640. The minimum atomic E-state index is -4.59. The van der Waals surface area contributed by atoms with Crippen LogP contribution >= 0.6 is 7.14 Å². The van der Waals surface area contributed by atoms with Gasteiger partial charge in [0.15, 0.2) is 7.14 Å². The van der Waals surface area contributed by atoms with Gasteiger partial charge in [0.2, 0.25) is 0 Å². The molecule has 0 aromatic heterocycles. The van der Waals surface area contributed by atoms with E-state index in [-0.39, 0.29) is 5.30 Å². The summed E-state index contributed by atoms with van der Waals surface area (Å²) in [6.45, 7) is 1.63. The van der Waals surface area contributed by atoms with E-state index in [1.807, 2.05) is 84.9 Å². The van der Waals surface area contributed by atoms with Crippen LogP contribution in [0.5, 0.6) is 0 Å². The van der Waals surface area contributed by atoms with Crippen LogP contribution in [-0.4, -0.2) is 0 Å². The van der Waals surface area contributed by atoms with Gasteiger partial charge in [-0.25, -0.2) is 0 Å². The SMILES string of the molecule is Cc1cc(C(F)(F)F)cc(P(=O)(c2ccc3c4ccccc4c4ccccc4c3c2)c2ccc3c4ccccc4c4ccccc4c3c2)c1. The van der Waals surface area contributed by atoms with Crippen molar-refractivity contribution in [3.8, 4) is 0 Å². The van der Waals surface area contributed by atoms with Gasteiger partial charge in [0.25, 0.3) is 0 Å². The molecule has 0 N–H and O–H groups in total. The summed E-state index contributed by atoms with van der Waals surface area (Å²) in [7, 11) is -3.89. The maximum Gasteiger partial charge on any atom is 0.416 e. The van der Waals surface area contributed by atoms with Crippen molar-refractivity contribution in [1.29, 1.82) is 0 Å². The zero-order chi connectivity index (χ0) is 33.5. The van der Waals surface area contributed by atoms with E-state index in [9.17, 15) is 13.2 Å². The predicted molar refractivity (Wildman–Crippen MR) is 201 cm³/mol. The Morgan fingerprint density at radius 1 is 0.388 bits per heavy atom. The van der Waals surface area contributed by atoms with E-state index < -0.39 is 18.9 Å². The average molecular weight is 661 g/mol. The van der Waals surface area contributed by atoms with Gasteiger partial charge < -0.3 is 4.57 Å². The molecule has 0 heterocycles. The third-order valence-corrected chi connectivity index (χ3v) is 12.9. The molecule has 5 heteroatoms. The molecule has 1 nitrogen and oxygen atoms in total. The Balaban J connectivity index is 1.41. The summed E-state index contributed by atoms with van der Waals surface area (Å²) in [5, 5.41) is 13.5. The van der Waals surface area contributed by atoms with Gasteiger partial charge in [0.1, 0.15) is 0 Å². The summed E-state index contributed by atoms with van der Waals surface area (Å²) in [4.78, 5) is 0. The van der Waals surface area contributed by atoms with Crippen molar-refractivity contribution in [2.75, 3.05) is 0 Å². The lowest BCUT2D eigenvalue weighted by Gasteiger charge is -2.23. The number of halogens is 3. The molecule has 0 aliphatic rings. The van der Waals surface area contributed by atoms with Crippen LogP contribution in [0.4, 0.5) is 13.2 Å². The third-order valence-electron chi connectivity index (χ3n) is 9.94. The summed E-state index contributed by atoms with van der Waals surface area (Å²) in [6.07, 6.45) is -4.59. The van der Waals surface area contributed by atoms with Gasteiger partial charge in [-0.1, -0.05) is 121 Å². The van der Waals surface area contributed by atoms with Crippen molar-refractivity contribution in [2.24, 2.45) is 0 Å². The van der Waals surface area contributed by atoms with Gasteiger partial charge in [-0.05, 0) is 107 Å². The first-order chi connectivity index (χ1) is 23.7. The first-order valence-corrected chi connectivity index (χ1v) is 17.9. The fourth-order valence-corrected chi connectivity index (χ4v) is 10.5. The molecular weight excluding hydrogens is 632 g/mol. The van der Waals surface area contributed by atoms with Gasteiger partial charge in [-0.3, -0.25) is 0 Å². The molecule has 0 saturated carbocycles. The molecular formula is C44H28F3OP. The van der Waals surface area contributed by atoms with Crippen molar-refractivity contribution >= 4 is 87.7 Å². The molecule has 49 heavy (non-hydrogen) atoms. The summed E-state index contributed by atoms with van der Waals surface area (Å²) in [6, 6.07) is 48.1. The molecule has 9 aromatic carbocycles. The van der Waals surface area contributed by atoms with Crippen molar-refractivity contribution < 1.29 is 17.7 Å². The summed E-state index contributed by atoms with van der Waals surface area (Å²) < 4.78 is 59.1. The number of benzene rings is 9. The first kappa shape index (κ1) is 29.7. The molecule has 0 fully saturated rings. The topological polar surface area (TPSA) is 17.1 Å². The number of alkyl halides is 3. The highest BCUT2D eigenvalue weighted by Crippen LogP contribution is 2.47. The lowest BCUT2D eigenvalue weighted by molar-refractivity contribution is -0.137. The highest BCUT2D eigenvalue weighted by Gasteiger charge is 2.36. The second-order valence-electron chi connectivity index (χ2n) is 12.8. The molecule has 0 spiro atoms. The maximum absolute atomic E-state index is 16.2. The lowest BCUT2D eigenvalue weighted by Crippen LogP contribution is -2.26. The fourth-order valence-electron chi connectivity index (χ4n) is 7.74. The van der Waals surface area contributed by atoms with E-state index in [1.165, 1.54) is 0 Å². The number of hydrogen-bond acceptors (Lipinski definition) is 1. The Labute approximate surface area is 280 Å². The Hall–Kier alpha value is -5.44. The minimum absolute atomic E-state index is 0.161. The minimum Gasteiger partial charge on any atom is -0.309 e.